The summed E-state index contributed by atoms with van der Waals surface area (Å²) >= 11 is 0. The molecule has 1 aromatic carbocycles. The first-order chi connectivity index (χ1) is 16.9. The van der Waals surface area contributed by atoms with E-state index in [0.717, 1.165) is 37.1 Å². The lowest BCUT2D eigenvalue weighted by molar-refractivity contribution is -0.152. The molecule has 0 radical (unpaired) electrons. The van der Waals surface area contributed by atoms with E-state index in [1.54, 1.807) is 24.5 Å². The van der Waals surface area contributed by atoms with Crippen molar-refractivity contribution in [3.63, 3.8) is 0 Å². The second kappa shape index (κ2) is 7.98. The van der Waals surface area contributed by atoms with Gasteiger partial charge in [-0.3, -0.25) is 9.78 Å². The Morgan fingerprint density at radius 3 is 2.80 bits per heavy atom. The maximum absolute atomic E-state index is 14.5. The minimum absolute atomic E-state index is 0.0759. The van der Waals surface area contributed by atoms with Gasteiger partial charge in [0.15, 0.2) is 11.6 Å². The van der Waals surface area contributed by atoms with E-state index in [4.69, 9.17) is 14.2 Å². The normalized spacial score (nSPS) is 21.6. The highest BCUT2D eigenvalue weighted by Gasteiger charge is 2.51. The number of carbonyl (C=O) groups excluding carboxylic acids is 1. The lowest BCUT2D eigenvalue weighted by Gasteiger charge is -2.38. The van der Waals surface area contributed by atoms with Crippen molar-refractivity contribution in [3.8, 4) is 22.8 Å². The molecule has 2 fully saturated rings. The van der Waals surface area contributed by atoms with Gasteiger partial charge in [-0.15, -0.1) is 0 Å². The third kappa shape index (κ3) is 3.61. The average molecular weight is 479 g/mol. The van der Waals surface area contributed by atoms with Crippen molar-refractivity contribution in [2.45, 2.75) is 37.2 Å². The summed E-state index contributed by atoms with van der Waals surface area (Å²) in [7, 11) is 1.42. The molecule has 6 rings (SSSR count). The number of fused-ring (bicyclic) bond motifs is 2. The number of anilines is 2. The molecule has 3 aliphatic rings. The van der Waals surface area contributed by atoms with Gasteiger partial charge in [0, 0.05) is 35.8 Å². The Kier molecular flexibility index (Phi) is 5.00. The standard InChI is InChI=1S/C26H27FN4O4/c1-25(9-11-35-25)14-34-18-12-28-10-6-15(18)20-21(30-17-5-3-4-16(27)22(17)33-2)19-23(31-20)26(7-8-26)13-29-24(19)32/h3-6,10,12,30-31H,7-9,11,13-14H2,1-2H3,(H,29,32)/t25-/m1/s1. The number of halogens is 1. The first-order valence-electron chi connectivity index (χ1n) is 11.8. The van der Waals surface area contributed by atoms with Crippen molar-refractivity contribution in [1.82, 2.24) is 15.3 Å². The molecule has 1 aliphatic carbocycles. The number of ether oxygens (including phenoxy) is 3. The molecule has 1 spiro atoms. The molecular formula is C26H27FN4O4. The van der Waals surface area contributed by atoms with E-state index in [9.17, 15) is 9.18 Å². The predicted molar refractivity (Wildman–Crippen MR) is 128 cm³/mol. The second-order valence-corrected chi connectivity index (χ2v) is 9.74. The van der Waals surface area contributed by atoms with Crippen LogP contribution in [-0.4, -0.2) is 48.3 Å². The van der Waals surface area contributed by atoms with Crippen LogP contribution >= 0.6 is 0 Å². The third-order valence-corrected chi connectivity index (χ3v) is 7.30. The van der Waals surface area contributed by atoms with Gasteiger partial charge >= 0.3 is 0 Å². The number of benzene rings is 1. The van der Waals surface area contributed by atoms with E-state index in [1.165, 1.54) is 13.2 Å². The Bertz CT molecular complexity index is 1310. The van der Waals surface area contributed by atoms with Gasteiger partial charge in [-0.1, -0.05) is 6.07 Å². The molecule has 1 saturated heterocycles. The fourth-order valence-corrected chi connectivity index (χ4v) is 4.90. The largest absolute Gasteiger partial charge is 0.492 e. The number of hydrogen-bond donors (Lipinski definition) is 3. The van der Waals surface area contributed by atoms with Crippen molar-refractivity contribution >= 4 is 17.3 Å². The molecule has 2 aromatic heterocycles. The fourth-order valence-electron chi connectivity index (χ4n) is 4.90. The number of nitrogens with one attached hydrogen (secondary N) is 3. The van der Waals surface area contributed by atoms with Crippen LogP contribution in [0.5, 0.6) is 11.5 Å². The van der Waals surface area contributed by atoms with Gasteiger partial charge in [0.2, 0.25) is 0 Å². The smallest absolute Gasteiger partial charge is 0.255 e. The van der Waals surface area contributed by atoms with Crippen molar-refractivity contribution in [1.29, 1.82) is 0 Å². The molecule has 4 heterocycles. The lowest BCUT2D eigenvalue weighted by Crippen LogP contribution is -2.45. The average Bonchev–Trinajstić information content (AvgIpc) is 3.52. The summed E-state index contributed by atoms with van der Waals surface area (Å²) in [5.74, 6) is -0.0209. The van der Waals surface area contributed by atoms with Gasteiger partial charge < -0.3 is 29.8 Å². The highest BCUT2D eigenvalue weighted by Crippen LogP contribution is 2.54. The van der Waals surface area contributed by atoms with E-state index in [-0.39, 0.29) is 22.7 Å². The first kappa shape index (κ1) is 21.9. The van der Waals surface area contributed by atoms with Crippen LogP contribution in [0.25, 0.3) is 11.3 Å². The Labute approximate surface area is 202 Å². The van der Waals surface area contributed by atoms with Crippen LogP contribution in [0, 0.1) is 5.82 Å². The predicted octanol–water partition coefficient (Wildman–Crippen LogP) is 4.30. The van der Waals surface area contributed by atoms with Gasteiger partial charge in [-0.25, -0.2) is 4.39 Å². The molecule has 35 heavy (non-hydrogen) atoms. The number of para-hydroxylation sites is 1. The number of aromatic amines is 1. The van der Waals surface area contributed by atoms with Crippen molar-refractivity contribution in [2.75, 3.05) is 32.2 Å². The summed E-state index contributed by atoms with van der Waals surface area (Å²) in [4.78, 5) is 20.9. The first-order valence-corrected chi connectivity index (χ1v) is 11.8. The Hall–Kier alpha value is -3.59. The van der Waals surface area contributed by atoms with Crippen LogP contribution in [0.1, 0.15) is 42.2 Å². The molecule has 0 unspecified atom stereocenters. The topological polar surface area (TPSA) is 97.5 Å². The number of nitrogens with zero attached hydrogens (tertiary/aromatic N) is 1. The molecule has 182 valence electrons. The number of pyridine rings is 1. The number of carbonyl (C=O) groups is 1. The zero-order chi connectivity index (χ0) is 24.2. The molecule has 8 nitrogen and oxygen atoms in total. The fraction of sp³-hybridized carbons (Fsp3) is 0.385. The van der Waals surface area contributed by atoms with E-state index in [0.29, 0.717) is 41.5 Å². The number of hydrogen-bond acceptors (Lipinski definition) is 6. The Morgan fingerprint density at radius 1 is 1.26 bits per heavy atom. The van der Waals surface area contributed by atoms with E-state index < -0.39 is 5.82 Å². The molecule has 1 saturated carbocycles. The molecule has 2 aliphatic heterocycles. The maximum atomic E-state index is 14.5. The number of amides is 1. The summed E-state index contributed by atoms with van der Waals surface area (Å²) in [6, 6.07) is 6.50. The quantitative estimate of drug-likeness (QED) is 0.469. The third-order valence-electron chi connectivity index (χ3n) is 7.30. The highest BCUT2D eigenvalue weighted by molar-refractivity contribution is 6.07. The minimum atomic E-state index is -0.492. The van der Waals surface area contributed by atoms with E-state index in [2.05, 4.69) is 20.6 Å². The summed E-state index contributed by atoms with van der Waals surface area (Å²) < 4.78 is 31.6. The SMILES string of the molecule is COc1c(F)cccc1Nc1c(-c2ccncc2OC[C@@]2(C)CCO2)[nH]c2c1C(=O)NCC21CC1. The molecule has 3 N–H and O–H groups in total. The van der Waals surface area contributed by atoms with Gasteiger partial charge in [-0.05, 0) is 38.0 Å². The second-order valence-electron chi connectivity index (χ2n) is 9.74. The van der Waals surface area contributed by atoms with Crippen LogP contribution in [0.15, 0.2) is 36.7 Å². The van der Waals surface area contributed by atoms with Crippen LogP contribution in [0.3, 0.4) is 0 Å². The monoisotopic (exact) mass is 478 g/mol. The molecule has 0 bridgehead atoms. The molecule has 3 aromatic rings. The molecule has 9 heteroatoms. The summed E-state index contributed by atoms with van der Waals surface area (Å²) in [5.41, 5.74) is 3.40. The molecule has 1 amide bonds. The van der Waals surface area contributed by atoms with Crippen molar-refractivity contribution < 1.29 is 23.4 Å². The van der Waals surface area contributed by atoms with Crippen LogP contribution < -0.4 is 20.1 Å². The van der Waals surface area contributed by atoms with Gasteiger partial charge in [0.05, 0.1) is 42.5 Å². The Balaban J connectivity index is 1.48. The van der Waals surface area contributed by atoms with Crippen LogP contribution in [0.4, 0.5) is 15.8 Å². The number of aromatic nitrogens is 2. The van der Waals surface area contributed by atoms with Gasteiger partial charge in [0.25, 0.3) is 5.91 Å². The summed E-state index contributed by atoms with van der Waals surface area (Å²) in [6.45, 7) is 3.72. The highest BCUT2D eigenvalue weighted by atomic mass is 19.1. The maximum Gasteiger partial charge on any atom is 0.255 e. The summed E-state index contributed by atoms with van der Waals surface area (Å²) in [5, 5.41) is 6.33. The van der Waals surface area contributed by atoms with E-state index >= 15 is 0 Å². The zero-order valence-electron chi connectivity index (χ0n) is 19.7. The van der Waals surface area contributed by atoms with E-state index in [1.807, 2.05) is 13.0 Å². The van der Waals surface area contributed by atoms with Gasteiger partial charge in [0.1, 0.15) is 18.0 Å². The van der Waals surface area contributed by atoms with Crippen LogP contribution in [0.2, 0.25) is 0 Å². The van der Waals surface area contributed by atoms with Gasteiger partial charge in [-0.2, -0.15) is 0 Å². The van der Waals surface area contributed by atoms with Crippen molar-refractivity contribution in [3.05, 3.63) is 53.7 Å². The van der Waals surface area contributed by atoms with Crippen LogP contribution in [-0.2, 0) is 10.2 Å². The molecular weight excluding hydrogens is 451 g/mol. The zero-order valence-corrected chi connectivity index (χ0v) is 19.7. The number of H-pyrrole nitrogens is 1. The van der Waals surface area contributed by atoms with Crippen molar-refractivity contribution in [2.24, 2.45) is 0 Å². The molecule has 1 atom stereocenters. The lowest BCUT2D eigenvalue weighted by atomic mass is 9.93. The minimum Gasteiger partial charge on any atom is -0.492 e. The number of rotatable bonds is 7. The summed E-state index contributed by atoms with van der Waals surface area (Å²) in [6.07, 6.45) is 6.24. The number of methoxy groups -OCH3 is 1. The Morgan fingerprint density at radius 2 is 2.09 bits per heavy atom.